The van der Waals surface area contributed by atoms with Crippen LogP contribution in [0.1, 0.15) is 50.7 Å². The minimum Gasteiger partial charge on any atom is -0.494 e. The Hall–Kier alpha value is -3.06. The number of carbonyl (C=O) groups excluding carboxylic acids is 1. The minimum atomic E-state index is -0.660. The van der Waals surface area contributed by atoms with Crippen LogP contribution in [0.15, 0.2) is 54.1 Å². The van der Waals surface area contributed by atoms with Crippen LogP contribution in [0.5, 0.6) is 11.5 Å². The van der Waals surface area contributed by atoms with Crippen LogP contribution in [0.2, 0.25) is 0 Å². The average molecular weight is 377 g/mol. The summed E-state index contributed by atoms with van der Waals surface area (Å²) >= 11 is 0. The van der Waals surface area contributed by atoms with Crippen molar-refractivity contribution in [3.63, 3.8) is 0 Å². The van der Waals surface area contributed by atoms with Crippen molar-refractivity contribution in [1.82, 2.24) is 0 Å². The lowest BCUT2D eigenvalue weighted by Crippen LogP contribution is -2.10. The first-order valence-electron chi connectivity index (χ1n) is 9.82. The van der Waals surface area contributed by atoms with Crippen LogP contribution in [0.25, 0.3) is 6.08 Å². The predicted molar refractivity (Wildman–Crippen MR) is 111 cm³/mol. The Bertz CT molecular complexity index is 814. The van der Waals surface area contributed by atoms with Crippen molar-refractivity contribution in [2.75, 3.05) is 6.61 Å². The first kappa shape index (κ1) is 21.2. The lowest BCUT2D eigenvalue weighted by Gasteiger charge is -2.06. The first-order chi connectivity index (χ1) is 13.7. The molecule has 4 nitrogen and oxygen atoms in total. The van der Waals surface area contributed by atoms with Gasteiger partial charge in [-0.05, 0) is 60.7 Å². The van der Waals surface area contributed by atoms with Gasteiger partial charge in [0.15, 0.2) is 0 Å². The fraction of sp³-hybridized carbons (Fsp3) is 0.333. The smallest absolute Gasteiger partial charge is 0.354 e. The maximum Gasteiger partial charge on any atom is 0.354 e. The van der Waals surface area contributed by atoms with Gasteiger partial charge in [0.25, 0.3) is 0 Å². The fourth-order valence-corrected chi connectivity index (χ4v) is 2.57. The van der Waals surface area contributed by atoms with E-state index in [0.29, 0.717) is 12.4 Å². The highest BCUT2D eigenvalue weighted by Gasteiger charge is 2.12. The third-order valence-corrected chi connectivity index (χ3v) is 4.25. The Labute approximate surface area is 167 Å². The van der Waals surface area contributed by atoms with E-state index in [1.165, 1.54) is 11.6 Å². The first-order valence-corrected chi connectivity index (χ1v) is 9.82. The topological polar surface area (TPSA) is 59.3 Å². The second kappa shape index (κ2) is 11.6. The molecular weight excluding hydrogens is 350 g/mol. The molecule has 0 radical (unpaired) electrons. The summed E-state index contributed by atoms with van der Waals surface area (Å²) in [5.41, 5.74) is 1.90. The normalized spacial score (nSPS) is 11.0. The second-order valence-corrected chi connectivity index (χ2v) is 6.58. The largest absolute Gasteiger partial charge is 0.494 e. The van der Waals surface area contributed by atoms with Crippen LogP contribution < -0.4 is 9.47 Å². The average Bonchev–Trinajstić information content (AvgIpc) is 2.72. The summed E-state index contributed by atoms with van der Waals surface area (Å²) in [5, 5.41) is 9.33. The third kappa shape index (κ3) is 6.92. The molecule has 0 N–H and O–H groups in total. The van der Waals surface area contributed by atoms with E-state index in [4.69, 9.17) is 9.47 Å². The Kier molecular flexibility index (Phi) is 8.81. The summed E-state index contributed by atoms with van der Waals surface area (Å²) < 4.78 is 10.9. The molecule has 4 heteroatoms. The molecule has 0 saturated carbocycles. The zero-order valence-corrected chi connectivity index (χ0v) is 16.6. The van der Waals surface area contributed by atoms with E-state index in [2.05, 4.69) is 13.8 Å². The highest BCUT2D eigenvalue weighted by molar-refractivity contribution is 5.99. The number of ether oxygens (including phenoxy) is 2. The van der Waals surface area contributed by atoms with Gasteiger partial charge in [0.1, 0.15) is 23.1 Å². The number of unbranched alkanes of at least 4 members (excludes halogenated alkanes) is 2. The summed E-state index contributed by atoms with van der Waals surface area (Å²) in [6.45, 7) is 4.94. The van der Waals surface area contributed by atoms with Crippen LogP contribution >= 0.6 is 0 Å². The van der Waals surface area contributed by atoms with Crippen LogP contribution in [0, 0.1) is 11.3 Å². The maximum absolute atomic E-state index is 12.3. The van der Waals surface area contributed by atoms with Crippen molar-refractivity contribution >= 4 is 12.0 Å². The lowest BCUT2D eigenvalue weighted by molar-refractivity contribution is -0.129. The van der Waals surface area contributed by atoms with Gasteiger partial charge in [-0.15, -0.1) is 0 Å². The molecule has 0 spiro atoms. The molecule has 2 aromatic rings. The van der Waals surface area contributed by atoms with Gasteiger partial charge in [-0.3, -0.25) is 0 Å². The van der Waals surface area contributed by atoms with Gasteiger partial charge >= 0.3 is 5.97 Å². The van der Waals surface area contributed by atoms with Crippen LogP contribution in [0.4, 0.5) is 0 Å². The van der Waals surface area contributed by atoms with Gasteiger partial charge < -0.3 is 9.47 Å². The van der Waals surface area contributed by atoms with E-state index in [1.54, 1.807) is 12.1 Å². The predicted octanol–water partition coefficient (Wildman–Crippen LogP) is 5.72. The van der Waals surface area contributed by atoms with E-state index < -0.39 is 5.97 Å². The van der Waals surface area contributed by atoms with Crippen molar-refractivity contribution in [3.8, 4) is 17.6 Å². The number of esters is 1. The van der Waals surface area contributed by atoms with E-state index >= 15 is 0 Å². The fourth-order valence-electron chi connectivity index (χ4n) is 2.57. The van der Waals surface area contributed by atoms with Crippen LogP contribution in [0.3, 0.4) is 0 Å². The highest BCUT2D eigenvalue weighted by Crippen LogP contribution is 2.18. The molecule has 0 aliphatic carbocycles. The summed E-state index contributed by atoms with van der Waals surface area (Å²) in [6, 6.07) is 16.6. The van der Waals surface area contributed by atoms with Gasteiger partial charge in [0, 0.05) is 0 Å². The molecule has 0 heterocycles. The number of hydrogen-bond donors (Lipinski definition) is 0. The molecule has 0 aromatic heterocycles. The number of benzene rings is 2. The Morgan fingerprint density at radius 2 is 1.61 bits per heavy atom. The zero-order chi connectivity index (χ0) is 20.2. The number of carbonyl (C=O) groups is 1. The molecule has 2 aromatic carbocycles. The van der Waals surface area contributed by atoms with Gasteiger partial charge in [0.05, 0.1) is 6.61 Å². The molecule has 0 fully saturated rings. The summed E-state index contributed by atoms with van der Waals surface area (Å²) in [7, 11) is 0. The Morgan fingerprint density at radius 3 is 2.21 bits per heavy atom. The quantitative estimate of drug-likeness (QED) is 0.175. The maximum atomic E-state index is 12.3. The van der Waals surface area contributed by atoms with E-state index in [1.807, 2.05) is 42.5 Å². The molecular formula is C24H27NO3. The molecule has 0 amide bonds. The molecule has 0 aliphatic rings. The molecule has 0 atom stereocenters. The Balaban J connectivity index is 1.99. The van der Waals surface area contributed by atoms with Crippen molar-refractivity contribution < 1.29 is 14.3 Å². The highest BCUT2D eigenvalue weighted by atomic mass is 16.5. The van der Waals surface area contributed by atoms with Crippen molar-refractivity contribution in [1.29, 1.82) is 5.26 Å². The van der Waals surface area contributed by atoms with Crippen molar-refractivity contribution in [2.24, 2.45) is 0 Å². The van der Waals surface area contributed by atoms with Crippen LogP contribution in [-0.2, 0) is 11.2 Å². The zero-order valence-electron chi connectivity index (χ0n) is 16.6. The molecule has 0 unspecified atom stereocenters. The molecule has 0 saturated heterocycles. The Morgan fingerprint density at radius 1 is 0.964 bits per heavy atom. The number of nitriles is 1. The SMILES string of the molecule is CCCCOc1ccc(C=C(C#N)C(=O)Oc2ccc(CCCC)cc2)cc1. The number of hydrogen-bond acceptors (Lipinski definition) is 4. The molecule has 146 valence electrons. The molecule has 0 aliphatic heterocycles. The summed E-state index contributed by atoms with van der Waals surface area (Å²) in [5.74, 6) is 0.549. The van der Waals surface area contributed by atoms with Gasteiger partial charge in [-0.2, -0.15) is 5.26 Å². The monoisotopic (exact) mass is 377 g/mol. The second-order valence-electron chi connectivity index (χ2n) is 6.58. The van der Waals surface area contributed by atoms with Gasteiger partial charge in [-0.1, -0.05) is 51.0 Å². The van der Waals surface area contributed by atoms with Gasteiger partial charge in [-0.25, -0.2) is 4.79 Å². The molecule has 0 bridgehead atoms. The minimum absolute atomic E-state index is 0.0466. The number of rotatable bonds is 10. The summed E-state index contributed by atoms with van der Waals surface area (Å²) in [6.07, 6.45) is 6.88. The standard InChI is InChI=1S/C24H27NO3/c1-3-5-7-19-8-14-23(15-9-19)28-24(26)21(18-25)17-20-10-12-22(13-11-20)27-16-6-4-2/h8-15,17H,3-7,16H2,1-2H3. The van der Waals surface area contributed by atoms with Crippen LogP contribution in [-0.4, -0.2) is 12.6 Å². The van der Waals surface area contributed by atoms with E-state index in [-0.39, 0.29) is 5.57 Å². The molecule has 28 heavy (non-hydrogen) atoms. The third-order valence-electron chi connectivity index (χ3n) is 4.25. The molecule has 2 rings (SSSR count). The number of nitrogens with zero attached hydrogens (tertiary/aromatic N) is 1. The summed E-state index contributed by atoms with van der Waals surface area (Å²) in [4.78, 5) is 12.3. The lowest BCUT2D eigenvalue weighted by atomic mass is 10.1. The van der Waals surface area contributed by atoms with Crippen molar-refractivity contribution in [3.05, 3.63) is 65.2 Å². The van der Waals surface area contributed by atoms with Gasteiger partial charge in [0.2, 0.25) is 0 Å². The van der Waals surface area contributed by atoms with E-state index in [9.17, 15) is 10.1 Å². The van der Waals surface area contributed by atoms with E-state index in [0.717, 1.165) is 43.4 Å². The van der Waals surface area contributed by atoms with Crippen molar-refractivity contribution in [2.45, 2.75) is 46.0 Å². The number of aryl methyl sites for hydroxylation is 1.